The van der Waals surface area contributed by atoms with E-state index in [1.54, 1.807) is 18.3 Å². The SMILES string of the molecule is CC1(C)OC[C@@H](CO)O1.CC1(C)OC[C@@H](COc2ccnc(N)n2)O1.Nc1nccc(Cl)n1. The average molecular weight is 487 g/mol. The summed E-state index contributed by atoms with van der Waals surface area (Å²) in [5.41, 5.74) is 10.6. The summed E-state index contributed by atoms with van der Waals surface area (Å²) in [5, 5.41) is 8.97. The van der Waals surface area contributed by atoms with Crippen LogP contribution in [0.2, 0.25) is 5.15 Å². The lowest BCUT2D eigenvalue weighted by Gasteiger charge is -2.17. The molecule has 0 aliphatic carbocycles. The fourth-order valence-electron chi connectivity index (χ4n) is 2.66. The van der Waals surface area contributed by atoms with E-state index in [0.717, 1.165) is 0 Å². The molecule has 0 unspecified atom stereocenters. The molecular formula is C20H31ClN6O6. The van der Waals surface area contributed by atoms with E-state index in [-0.39, 0.29) is 30.7 Å². The average Bonchev–Trinajstić information content (AvgIpc) is 3.27. The van der Waals surface area contributed by atoms with Crippen LogP contribution in [0.5, 0.6) is 5.88 Å². The molecule has 0 aromatic carbocycles. The first-order valence-corrected chi connectivity index (χ1v) is 10.6. The maximum atomic E-state index is 8.59. The lowest BCUT2D eigenvalue weighted by molar-refractivity contribution is -0.142. The molecule has 2 aliphatic rings. The Morgan fingerprint density at radius 1 is 0.970 bits per heavy atom. The second kappa shape index (κ2) is 12.2. The number of rotatable bonds is 4. The Kier molecular flexibility index (Phi) is 9.95. The largest absolute Gasteiger partial charge is 0.475 e. The van der Waals surface area contributed by atoms with Crippen molar-refractivity contribution in [3.8, 4) is 5.88 Å². The molecule has 13 heteroatoms. The normalized spacial score (nSPS) is 22.5. The summed E-state index contributed by atoms with van der Waals surface area (Å²) < 4.78 is 26.8. The van der Waals surface area contributed by atoms with Gasteiger partial charge in [0, 0.05) is 18.5 Å². The summed E-state index contributed by atoms with van der Waals surface area (Å²) in [6, 6.07) is 3.22. The van der Waals surface area contributed by atoms with Crippen molar-refractivity contribution in [1.29, 1.82) is 0 Å². The van der Waals surface area contributed by atoms with Gasteiger partial charge >= 0.3 is 0 Å². The van der Waals surface area contributed by atoms with Crippen LogP contribution < -0.4 is 16.2 Å². The predicted molar refractivity (Wildman–Crippen MR) is 120 cm³/mol. The van der Waals surface area contributed by atoms with Crippen LogP contribution in [0, 0.1) is 0 Å². The Bertz CT molecular complexity index is 857. The second-order valence-electron chi connectivity index (χ2n) is 7.89. The summed E-state index contributed by atoms with van der Waals surface area (Å²) in [6.07, 6.45) is 2.85. The molecule has 0 bridgehead atoms. The zero-order valence-electron chi connectivity index (χ0n) is 19.1. The van der Waals surface area contributed by atoms with Crippen LogP contribution in [-0.4, -0.2) is 75.3 Å². The third-order valence-corrected chi connectivity index (χ3v) is 4.25. The Balaban J connectivity index is 0.000000192. The smallest absolute Gasteiger partial charge is 0.223 e. The fraction of sp³-hybridized carbons (Fsp3) is 0.600. The topological polar surface area (TPSA) is 170 Å². The molecule has 2 atom stereocenters. The molecule has 0 radical (unpaired) electrons. The van der Waals surface area contributed by atoms with Gasteiger partial charge in [-0.15, -0.1) is 0 Å². The Morgan fingerprint density at radius 3 is 1.91 bits per heavy atom. The minimum atomic E-state index is -0.529. The monoisotopic (exact) mass is 486 g/mol. The second-order valence-corrected chi connectivity index (χ2v) is 8.27. The van der Waals surface area contributed by atoms with E-state index in [1.807, 2.05) is 27.7 Å². The van der Waals surface area contributed by atoms with E-state index in [2.05, 4.69) is 19.9 Å². The molecule has 33 heavy (non-hydrogen) atoms. The zero-order chi connectivity index (χ0) is 24.5. The van der Waals surface area contributed by atoms with Gasteiger partial charge in [-0.3, -0.25) is 0 Å². The molecule has 2 aliphatic heterocycles. The molecule has 12 nitrogen and oxygen atoms in total. The van der Waals surface area contributed by atoms with E-state index in [4.69, 9.17) is 51.9 Å². The van der Waals surface area contributed by atoms with Crippen LogP contribution in [-0.2, 0) is 18.9 Å². The van der Waals surface area contributed by atoms with Gasteiger partial charge in [-0.25, -0.2) is 15.0 Å². The summed E-state index contributed by atoms with van der Waals surface area (Å²) in [5.74, 6) is -0.175. The molecule has 0 spiro atoms. The fourth-order valence-corrected chi connectivity index (χ4v) is 2.81. The maximum Gasteiger partial charge on any atom is 0.223 e. The van der Waals surface area contributed by atoms with Gasteiger partial charge in [0.05, 0.1) is 19.8 Å². The molecule has 2 aromatic heterocycles. The Hall–Kier alpha value is -2.35. The number of nitrogen functional groups attached to an aromatic ring is 2. The van der Waals surface area contributed by atoms with Crippen molar-refractivity contribution in [2.75, 3.05) is 37.9 Å². The van der Waals surface area contributed by atoms with Gasteiger partial charge in [0.25, 0.3) is 0 Å². The van der Waals surface area contributed by atoms with E-state index >= 15 is 0 Å². The number of aliphatic hydroxyl groups is 1. The number of ether oxygens (including phenoxy) is 5. The highest BCUT2D eigenvalue weighted by Gasteiger charge is 2.33. The quantitative estimate of drug-likeness (QED) is 0.532. The van der Waals surface area contributed by atoms with E-state index in [0.29, 0.717) is 30.9 Å². The summed E-state index contributed by atoms with van der Waals surface area (Å²) in [6.45, 7) is 8.87. The van der Waals surface area contributed by atoms with Crippen molar-refractivity contribution in [2.45, 2.75) is 51.5 Å². The lowest BCUT2D eigenvalue weighted by Crippen LogP contribution is -2.25. The van der Waals surface area contributed by atoms with Crippen molar-refractivity contribution in [2.24, 2.45) is 0 Å². The molecule has 0 amide bonds. The zero-order valence-corrected chi connectivity index (χ0v) is 19.9. The third-order valence-electron chi connectivity index (χ3n) is 4.04. The van der Waals surface area contributed by atoms with Gasteiger partial charge in [0.2, 0.25) is 17.8 Å². The predicted octanol–water partition coefficient (Wildman–Crippen LogP) is 1.43. The van der Waals surface area contributed by atoms with Crippen molar-refractivity contribution in [3.63, 3.8) is 0 Å². The van der Waals surface area contributed by atoms with Gasteiger partial charge in [0.1, 0.15) is 24.0 Å². The van der Waals surface area contributed by atoms with E-state index < -0.39 is 11.6 Å². The molecule has 5 N–H and O–H groups in total. The van der Waals surface area contributed by atoms with Crippen molar-refractivity contribution >= 4 is 23.5 Å². The minimum absolute atomic E-state index is 0.0451. The summed E-state index contributed by atoms with van der Waals surface area (Å²) in [7, 11) is 0. The van der Waals surface area contributed by atoms with Crippen LogP contribution in [0.4, 0.5) is 11.9 Å². The van der Waals surface area contributed by atoms with Crippen molar-refractivity contribution in [1.82, 2.24) is 19.9 Å². The lowest BCUT2D eigenvalue weighted by atomic mass is 10.4. The number of anilines is 2. The molecule has 184 valence electrons. The van der Waals surface area contributed by atoms with Crippen LogP contribution in [0.1, 0.15) is 27.7 Å². The molecule has 2 saturated heterocycles. The summed E-state index contributed by atoms with van der Waals surface area (Å²) >= 11 is 5.41. The molecule has 4 heterocycles. The molecular weight excluding hydrogens is 456 g/mol. The van der Waals surface area contributed by atoms with Crippen LogP contribution in [0.3, 0.4) is 0 Å². The Labute approximate surface area is 197 Å². The molecule has 2 aromatic rings. The number of hydrogen-bond donors (Lipinski definition) is 3. The highest BCUT2D eigenvalue weighted by Crippen LogP contribution is 2.23. The number of nitrogens with zero attached hydrogens (tertiary/aromatic N) is 4. The van der Waals surface area contributed by atoms with Crippen molar-refractivity contribution < 1.29 is 28.8 Å². The van der Waals surface area contributed by atoms with Gasteiger partial charge in [0.15, 0.2) is 11.6 Å². The number of hydrogen-bond acceptors (Lipinski definition) is 12. The van der Waals surface area contributed by atoms with Gasteiger partial charge in [-0.1, -0.05) is 11.6 Å². The van der Waals surface area contributed by atoms with E-state index in [1.165, 1.54) is 6.20 Å². The number of aromatic nitrogens is 4. The maximum absolute atomic E-state index is 8.59. The van der Waals surface area contributed by atoms with Crippen molar-refractivity contribution in [3.05, 3.63) is 29.7 Å². The standard InChI is InChI=1S/C10H15N3O3.C6H12O3.C4H4ClN3/c1-10(2)15-6-7(16-10)5-14-8-3-4-12-9(11)13-8;1-6(2)8-4-5(3-7)9-6;5-3-1-2-7-4(6)8-3/h3-4,7H,5-6H2,1-2H3,(H2,11,12,13);5,7H,3-4H2,1-2H3;1-2H,(H2,6,7,8)/t7-;5-;/m11./s1. The minimum Gasteiger partial charge on any atom is -0.475 e. The first-order valence-electron chi connectivity index (χ1n) is 10.2. The highest BCUT2D eigenvalue weighted by molar-refractivity contribution is 6.29. The first-order chi connectivity index (χ1) is 15.5. The summed E-state index contributed by atoms with van der Waals surface area (Å²) in [4.78, 5) is 14.9. The molecule has 0 saturated carbocycles. The molecule has 4 rings (SSSR count). The number of halogens is 1. The van der Waals surface area contributed by atoms with Gasteiger partial charge in [-0.2, -0.15) is 4.98 Å². The highest BCUT2D eigenvalue weighted by atomic mass is 35.5. The molecule has 2 fully saturated rings. The van der Waals surface area contributed by atoms with Gasteiger partial charge < -0.3 is 40.3 Å². The first kappa shape index (κ1) is 26.9. The van der Waals surface area contributed by atoms with Crippen LogP contribution in [0.15, 0.2) is 24.5 Å². The van der Waals surface area contributed by atoms with Crippen LogP contribution >= 0.6 is 11.6 Å². The van der Waals surface area contributed by atoms with Crippen LogP contribution in [0.25, 0.3) is 0 Å². The Morgan fingerprint density at radius 2 is 1.52 bits per heavy atom. The van der Waals surface area contributed by atoms with Gasteiger partial charge in [-0.05, 0) is 33.8 Å². The number of nitrogens with two attached hydrogens (primary N) is 2. The van der Waals surface area contributed by atoms with E-state index in [9.17, 15) is 0 Å². The number of aliphatic hydroxyl groups excluding tert-OH is 1. The third kappa shape index (κ3) is 10.4.